The van der Waals surface area contributed by atoms with Crippen LogP contribution in [0.2, 0.25) is 5.02 Å². The molecule has 1 aromatic carbocycles. The Kier molecular flexibility index (Phi) is 5.46. The molecule has 0 fully saturated rings. The van der Waals surface area contributed by atoms with Gasteiger partial charge in [-0.1, -0.05) is 30.7 Å². The van der Waals surface area contributed by atoms with Crippen LogP contribution in [0.15, 0.2) is 24.3 Å². The van der Waals surface area contributed by atoms with Crippen LogP contribution in [0.3, 0.4) is 0 Å². The van der Waals surface area contributed by atoms with Gasteiger partial charge in [0.1, 0.15) is 17.5 Å². The number of aryl methyl sites for hydroxylation is 2. The van der Waals surface area contributed by atoms with Crippen molar-refractivity contribution in [1.82, 2.24) is 15.1 Å². The molecule has 1 heterocycles. The fraction of sp³-hybridized carbons (Fsp3) is 0.312. The lowest BCUT2D eigenvalue weighted by atomic mass is 10.1. The minimum atomic E-state index is -0.905. The van der Waals surface area contributed by atoms with Crippen LogP contribution in [0, 0.1) is 0 Å². The van der Waals surface area contributed by atoms with E-state index in [0.717, 1.165) is 5.56 Å². The zero-order chi connectivity index (χ0) is 17.9. The van der Waals surface area contributed by atoms with Gasteiger partial charge in [0.05, 0.1) is 10.7 Å². The maximum absolute atomic E-state index is 12.5. The van der Waals surface area contributed by atoms with Gasteiger partial charge in [-0.15, -0.1) is 0 Å². The summed E-state index contributed by atoms with van der Waals surface area (Å²) in [5.41, 5.74) is 6.94. The molecule has 1 aromatic heterocycles. The highest BCUT2D eigenvalue weighted by Crippen LogP contribution is 2.21. The molecule has 0 bridgehead atoms. The molecule has 0 unspecified atom stereocenters. The second kappa shape index (κ2) is 7.35. The van der Waals surface area contributed by atoms with Crippen LogP contribution in [0.1, 0.15) is 28.7 Å². The lowest BCUT2D eigenvalue weighted by molar-refractivity contribution is -0.119. The lowest BCUT2D eigenvalue weighted by Crippen LogP contribution is -2.46. The van der Waals surface area contributed by atoms with Crippen molar-refractivity contribution in [3.05, 3.63) is 46.2 Å². The Hall–Kier alpha value is -2.54. The molecule has 0 saturated heterocycles. The number of nitrogens with two attached hydrogens (primary N) is 1. The summed E-state index contributed by atoms with van der Waals surface area (Å²) in [6.07, 6.45) is 0.796. The van der Waals surface area contributed by atoms with Crippen molar-refractivity contribution in [3.8, 4) is 5.75 Å². The number of phenols is 1. The SMILES string of the molecule is CCc1nn(C)c(C(=O)N[C@@H](Cc2ccc(O)cc2)C(N)=O)c1Cl. The molecule has 24 heavy (non-hydrogen) atoms. The first-order valence-corrected chi connectivity index (χ1v) is 7.80. The molecule has 8 heteroatoms. The van der Waals surface area contributed by atoms with Crippen LogP contribution < -0.4 is 11.1 Å². The smallest absolute Gasteiger partial charge is 0.271 e. The number of benzene rings is 1. The lowest BCUT2D eigenvalue weighted by Gasteiger charge is -2.16. The number of nitrogens with zero attached hydrogens (tertiary/aromatic N) is 2. The zero-order valence-electron chi connectivity index (χ0n) is 13.4. The monoisotopic (exact) mass is 350 g/mol. The van der Waals surface area contributed by atoms with Gasteiger partial charge in [-0.25, -0.2) is 0 Å². The van der Waals surface area contributed by atoms with Gasteiger partial charge in [0.15, 0.2) is 0 Å². The second-order valence-electron chi connectivity index (χ2n) is 5.39. The van der Waals surface area contributed by atoms with Crippen LogP contribution in [0.5, 0.6) is 5.75 Å². The first-order chi connectivity index (χ1) is 11.3. The highest BCUT2D eigenvalue weighted by atomic mass is 35.5. The number of aromatic nitrogens is 2. The second-order valence-corrected chi connectivity index (χ2v) is 5.76. The van der Waals surface area contributed by atoms with Gasteiger partial charge in [0.25, 0.3) is 5.91 Å². The van der Waals surface area contributed by atoms with Crippen molar-refractivity contribution in [1.29, 1.82) is 0 Å². The standard InChI is InChI=1S/C16H19ClN4O3/c1-3-11-13(17)14(21(2)20-11)16(24)19-12(15(18)23)8-9-4-6-10(22)7-5-9/h4-7,12,22H,3,8H2,1-2H3,(H2,18,23)(H,19,24)/t12-/m0/s1. The van der Waals surface area contributed by atoms with Crippen molar-refractivity contribution in [2.75, 3.05) is 0 Å². The van der Waals surface area contributed by atoms with Gasteiger partial charge in [0.2, 0.25) is 5.91 Å². The normalized spacial score (nSPS) is 12.0. The minimum Gasteiger partial charge on any atom is -0.508 e. The van der Waals surface area contributed by atoms with Crippen LogP contribution in [0.25, 0.3) is 0 Å². The summed E-state index contributed by atoms with van der Waals surface area (Å²) in [4.78, 5) is 24.1. The van der Waals surface area contributed by atoms with Gasteiger partial charge < -0.3 is 16.2 Å². The predicted octanol–water partition coefficient (Wildman–Crippen LogP) is 1.17. The first kappa shape index (κ1) is 17.8. The molecule has 128 valence electrons. The molecule has 4 N–H and O–H groups in total. The van der Waals surface area contributed by atoms with E-state index >= 15 is 0 Å². The number of hydrogen-bond acceptors (Lipinski definition) is 4. The number of carbonyl (C=O) groups excluding carboxylic acids is 2. The van der Waals surface area contributed by atoms with Gasteiger partial charge in [0, 0.05) is 13.5 Å². The molecular formula is C16H19ClN4O3. The van der Waals surface area contributed by atoms with Gasteiger partial charge in [-0.05, 0) is 24.1 Å². The van der Waals surface area contributed by atoms with Crippen LogP contribution in [-0.2, 0) is 24.7 Å². The molecule has 0 spiro atoms. The van der Waals surface area contributed by atoms with Crippen LogP contribution in [-0.4, -0.2) is 32.7 Å². The fourth-order valence-corrected chi connectivity index (χ4v) is 2.72. The molecule has 2 amide bonds. The van der Waals surface area contributed by atoms with Crippen LogP contribution >= 0.6 is 11.6 Å². The van der Waals surface area contributed by atoms with E-state index in [2.05, 4.69) is 10.4 Å². The topological polar surface area (TPSA) is 110 Å². The summed E-state index contributed by atoms with van der Waals surface area (Å²) in [6.45, 7) is 1.88. The molecule has 2 rings (SSSR count). The van der Waals surface area contributed by atoms with E-state index < -0.39 is 17.9 Å². The van der Waals surface area contributed by atoms with Gasteiger partial charge in [-0.3, -0.25) is 14.3 Å². The van der Waals surface area contributed by atoms with E-state index in [-0.39, 0.29) is 22.9 Å². The maximum Gasteiger partial charge on any atom is 0.271 e. The number of nitrogens with one attached hydrogen (secondary N) is 1. The third-order valence-electron chi connectivity index (χ3n) is 3.63. The Morgan fingerprint density at radius 2 is 2.00 bits per heavy atom. The number of phenolic OH excluding ortho intramolecular Hbond substituents is 1. The van der Waals surface area contributed by atoms with E-state index in [1.54, 1.807) is 19.2 Å². The number of amides is 2. The third kappa shape index (κ3) is 3.86. The molecule has 7 nitrogen and oxygen atoms in total. The Morgan fingerprint density at radius 3 is 2.50 bits per heavy atom. The average Bonchev–Trinajstić information content (AvgIpc) is 2.82. The number of halogens is 1. The summed E-state index contributed by atoms with van der Waals surface area (Å²) in [6, 6.07) is 5.41. The van der Waals surface area contributed by atoms with E-state index in [4.69, 9.17) is 17.3 Å². The van der Waals surface area contributed by atoms with Crippen molar-refractivity contribution in [3.63, 3.8) is 0 Å². The number of hydrogen-bond donors (Lipinski definition) is 3. The third-order valence-corrected chi connectivity index (χ3v) is 4.03. The molecular weight excluding hydrogens is 332 g/mol. The predicted molar refractivity (Wildman–Crippen MR) is 89.9 cm³/mol. The number of rotatable bonds is 6. The van der Waals surface area contributed by atoms with E-state index in [1.165, 1.54) is 16.8 Å². The molecule has 0 radical (unpaired) electrons. The van der Waals surface area contributed by atoms with Crippen molar-refractivity contribution in [2.24, 2.45) is 12.8 Å². The molecule has 0 saturated carbocycles. The summed E-state index contributed by atoms with van der Waals surface area (Å²) in [7, 11) is 1.61. The Labute approximate surface area is 144 Å². The quantitative estimate of drug-likeness (QED) is 0.726. The first-order valence-electron chi connectivity index (χ1n) is 7.43. The molecule has 2 aromatic rings. The van der Waals surface area contributed by atoms with E-state index in [1.807, 2.05) is 6.92 Å². The molecule has 0 aliphatic rings. The van der Waals surface area contributed by atoms with Crippen molar-refractivity contribution in [2.45, 2.75) is 25.8 Å². The Morgan fingerprint density at radius 1 is 1.38 bits per heavy atom. The molecule has 1 atom stereocenters. The highest BCUT2D eigenvalue weighted by Gasteiger charge is 2.25. The average molecular weight is 351 g/mol. The summed E-state index contributed by atoms with van der Waals surface area (Å²) >= 11 is 6.18. The number of carbonyl (C=O) groups is 2. The number of primary amides is 1. The molecule has 0 aliphatic heterocycles. The largest absolute Gasteiger partial charge is 0.508 e. The Bertz CT molecular complexity index is 755. The zero-order valence-corrected chi connectivity index (χ0v) is 14.2. The van der Waals surface area contributed by atoms with E-state index in [9.17, 15) is 14.7 Å². The van der Waals surface area contributed by atoms with Gasteiger partial charge >= 0.3 is 0 Å². The van der Waals surface area contributed by atoms with E-state index in [0.29, 0.717) is 12.1 Å². The summed E-state index contributed by atoms with van der Waals surface area (Å²) in [5, 5.41) is 16.3. The summed E-state index contributed by atoms with van der Waals surface area (Å²) in [5.74, 6) is -1.06. The highest BCUT2D eigenvalue weighted by molar-refractivity contribution is 6.34. The van der Waals surface area contributed by atoms with Crippen LogP contribution in [0.4, 0.5) is 0 Å². The summed E-state index contributed by atoms with van der Waals surface area (Å²) < 4.78 is 1.38. The minimum absolute atomic E-state index is 0.118. The molecule has 0 aliphatic carbocycles. The maximum atomic E-state index is 12.5. The fourth-order valence-electron chi connectivity index (χ4n) is 2.34. The Balaban J connectivity index is 2.18. The number of aromatic hydroxyl groups is 1. The van der Waals surface area contributed by atoms with Crippen molar-refractivity contribution < 1.29 is 14.7 Å². The van der Waals surface area contributed by atoms with Gasteiger partial charge in [-0.2, -0.15) is 5.10 Å². The van der Waals surface area contributed by atoms with Crippen molar-refractivity contribution >= 4 is 23.4 Å².